The Morgan fingerprint density at radius 1 is 1.16 bits per heavy atom. The highest BCUT2D eigenvalue weighted by Crippen LogP contribution is 2.23. The minimum atomic E-state index is -0.346. The van der Waals surface area contributed by atoms with Gasteiger partial charge in [-0.25, -0.2) is 0 Å². The molecule has 1 saturated heterocycles. The molecule has 1 aliphatic heterocycles. The van der Waals surface area contributed by atoms with Gasteiger partial charge in [-0.05, 0) is 38.2 Å². The fraction of sp³-hybridized carbons (Fsp3) is 0.619. The van der Waals surface area contributed by atoms with Crippen LogP contribution in [0.5, 0.6) is 0 Å². The summed E-state index contributed by atoms with van der Waals surface area (Å²) in [4.78, 5) is 26.7. The highest BCUT2D eigenvalue weighted by atomic mass is 16.2. The summed E-state index contributed by atoms with van der Waals surface area (Å²) in [6.07, 6.45) is 3.44. The normalized spacial score (nSPS) is 17.2. The van der Waals surface area contributed by atoms with Crippen LogP contribution in [-0.2, 0) is 16.0 Å². The van der Waals surface area contributed by atoms with E-state index in [0.29, 0.717) is 13.1 Å². The van der Waals surface area contributed by atoms with E-state index in [9.17, 15) is 9.59 Å². The fourth-order valence-corrected chi connectivity index (χ4v) is 3.28. The van der Waals surface area contributed by atoms with Crippen LogP contribution in [0.2, 0.25) is 0 Å². The maximum atomic E-state index is 12.5. The van der Waals surface area contributed by atoms with Crippen LogP contribution >= 0.6 is 0 Å². The van der Waals surface area contributed by atoms with Gasteiger partial charge in [0.1, 0.15) is 0 Å². The highest BCUT2D eigenvalue weighted by Gasteiger charge is 2.32. The van der Waals surface area contributed by atoms with E-state index in [1.807, 2.05) is 43.9 Å². The summed E-state index contributed by atoms with van der Waals surface area (Å²) in [5, 5.41) is 3.15. The average molecular weight is 344 g/mol. The predicted molar refractivity (Wildman–Crippen MR) is 101 cm³/mol. The van der Waals surface area contributed by atoms with E-state index in [-0.39, 0.29) is 29.2 Å². The Labute approximate surface area is 152 Å². The van der Waals surface area contributed by atoms with Gasteiger partial charge in [0.2, 0.25) is 11.8 Å². The molecule has 2 rings (SSSR count). The predicted octanol–water partition coefficient (Wildman–Crippen LogP) is 3.41. The van der Waals surface area contributed by atoms with Crippen molar-refractivity contribution in [3.05, 3.63) is 35.9 Å². The van der Waals surface area contributed by atoms with Crippen LogP contribution in [0.25, 0.3) is 0 Å². The monoisotopic (exact) mass is 344 g/mol. The van der Waals surface area contributed by atoms with Gasteiger partial charge < -0.3 is 10.2 Å². The van der Waals surface area contributed by atoms with E-state index < -0.39 is 0 Å². The van der Waals surface area contributed by atoms with E-state index >= 15 is 0 Å². The third-order valence-electron chi connectivity index (χ3n) is 4.89. The standard InChI is InChI=1S/C21H32N2O2/c1-16(10-11-17-8-6-5-7-9-17)22-19(24)18-12-14-23(15-13-18)20(25)21(2,3)4/h5-9,16,18H,10-15H2,1-4H3,(H,22,24)/t16-/m1/s1. The number of amides is 2. The molecule has 4 heteroatoms. The number of nitrogens with one attached hydrogen (secondary N) is 1. The van der Waals surface area contributed by atoms with Crippen LogP contribution in [0.1, 0.15) is 52.5 Å². The van der Waals surface area contributed by atoms with Gasteiger partial charge >= 0.3 is 0 Å². The lowest BCUT2D eigenvalue weighted by Crippen LogP contribution is -2.47. The quantitative estimate of drug-likeness (QED) is 0.890. The Kier molecular flexibility index (Phi) is 6.63. The first-order chi connectivity index (χ1) is 11.8. The molecule has 2 amide bonds. The molecule has 1 fully saturated rings. The zero-order valence-electron chi connectivity index (χ0n) is 16.0. The molecular formula is C21H32N2O2. The van der Waals surface area contributed by atoms with Crippen LogP contribution in [0, 0.1) is 11.3 Å². The summed E-state index contributed by atoms with van der Waals surface area (Å²) in [6.45, 7) is 9.28. The molecule has 0 spiro atoms. The Balaban J connectivity index is 1.74. The summed E-state index contributed by atoms with van der Waals surface area (Å²) in [5.41, 5.74) is 0.957. The van der Waals surface area contributed by atoms with Gasteiger partial charge in [0.25, 0.3) is 0 Å². The summed E-state index contributed by atoms with van der Waals surface area (Å²) in [5.74, 6) is 0.356. The number of nitrogens with zero attached hydrogens (tertiary/aromatic N) is 1. The third kappa shape index (κ3) is 5.87. The molecule has 4 nitrogen and oxygen atoms in total. The minimum Gasteiger partial charge on any atom is -0.353 e. The molecule has 1 aromatic rings. The van der Waals surface area contributed by atoms with Gasteiger partial charge in [-0.15, -0.1) is 0 Å². The summed E-state index contributed by atoms with van der Waals surface area (Å²) < 4.78 is 0. The van der Waals surface area contributed by atoms with Crippen molar-refractivity contribution in [2.24, 2.45) is 11.3 Å². The smallest absolute Gasteiger partial charge is 0.227 e. The maximum absolute atomic E-state index is 12.5. The first-order valence-electron chi connectivity index (χ1n) is 9.41. The summed E-state index contributed by atoms with van der Waals surface area (Å²) in [7, 11) is 0. The topological polar surface area (TPSA) is 49.4 Å². The number of aryl methyl sites for hydroxylation is 1. The largest absolute Gasteiger partial charge is 0.353 e. The van der Waals surface area contributed by atoms with Crippen LogP contribution in [0.3, 0.4) is 0 Å². The highest BCUT2D eigenvalue weighted by molar-refractivity contribution is 5.82. The van der Waals surface area contributed by atoms with E-state index in [1.165, 1.54) is 5.56 Å². The third-order valence-corrected chi connectivity index (χ3v) is 4.89. The van der Waals surface area contributed by atoms with Crippen molar-refractivity contribution < 1.29 is 9.59 Å². The summed E-state index contributed by atoms with van der Waals surface area (Å²) >= 11 is 0. The number of hydrogen-bond acceptors (Lipinski definition) is 2. The van der Waals surface area contributed by atoms with Crippen LogP contribution in [0.15, 0.2) is 30.3 Å². The zero-order valence-corrected chi connectivity index (χ0v) is 16.0. The molecule has 0 saturated carbocycles. The van der Waals surface area contributed by atoms with Gasteiger partial charge in [0.05, 0.1) is 0 Å². The number of carbonyl (C=O) groups is 2. The summed E-state index contributed by atoms with van der Waals surface area (Å²) in [6, 6.07) is 10.5. The Morgan fingerprint density at radius 2 is 1.76 bits per heavy atom. The van der Waals surface area contributed by atoms with Crippen molar-refractivity contribution in [1.82, 2.24) is 10.2 Å². The van der Waals surface area contributed by atoms with E-state index in [4.69, 9.17) is 0 Å². The van der Waals surface area contributed by atoms with Crippen molar-refractivity contribution >= 4 is 11.8 Å². The minimum absolute atomic E-state index is 0.0307. The number of rotatable bonds is 5. The van der Waals surface area contributed by atoms with Crippen LogP contribution < -0.4 is 5.32 Å². The molecule has 0 bridgehead atoms. The fourth-order valence-electron chi connectivity index (χ4n) is 3.28. The second-order valence-electron chi connectivity index (χ2n) is 8.25. The molecule has 1 aliphatic rings. The molecule has 0 radical (unpaired) electrons. The number of benzene rings is 1. The van der Waals surface area contributed by atoms with Crippen LogP contribution in [-0.4, -0.2) is 35.8 Å². The van der Waals surface area contributed by atoms with Crippen molar-refractivity contribution in [2.45, 2.75) is 59.4 Å². The van der Waals surface area contributed by atoms with Gasteiger partial charge in [-0.3, -0.25) is 9.59 Å². The van der Waals surface area contributed by atoms with Crippen molar-refractivity contribution in [3.63, 3.8) is 0 Å². The number of carbonyl (C=O) groups excluding carboxylic acids is 2. The second kappa shape index (κ2) is 8.50. The van der Waals surface area contributed by atoms with E-state index in [2.05, 4.69) is 24.4 Å². The molecule has 1 N–H and O–H groups in total. The lowest BCUT2D eigenvalue weighted by Gasteiger charge is -2.35. The number of likely N-dealkylation sites (tertiary alicyclic amines) is 1. The van der Waals surface area contributed by atoms with Crippen molar-refractivity contribution in [1.29, 1.82) is 0 Å². The lowest BCUT2D eigenvalue weighted by molar-refractivity contribution is -0.142. The molecule has 1 atom stereocenters. The van der Waals surface area contributed by atoms with Gasteiger partial charge in [-0.1, -0.05) is 51.1 Å². The lowest BCUT2D eigenvalue weighted by atomic mass is 9.90. The van der Waals surface area contributed by atoms with Gasteiger partial charge in [0, 0.05) is 30.5 Å². The first kappa shape index (κ1) is 19.5. The molecule has 0 aliphatic carbocycles. The first-order valence-corrected chi connectivity index (χ1v) is 9.41. The molecule has 1 heterocycles. The Bertz CT molecular complexity index is 569. The molecule has 0 unspecified atom stereocenters. The van der Waals surface area contributed by atoms with Gasteiger partial charge in [0.15, 0.2) is 0 Å². The number of piperidine rings is 1. The SMILES string of the molecule is C[C@H](CCc1ccccc1)NC(=O)C1CCN(C(=O)C(C)(C)C)CC1. The van der Waals surface area contributed by atoms with E-state index in [0.717, 1.165) is 25.7 Å². The van der Waals surface area contributed by atoms with Gasteiger partial charge in [-0.2, -0.15) is 0 Å². The Hall–Kier alpha value is -1.84. The van der Waals surface area contributed by atoms with Crippen LogP contribution in [0.4, 0.5) is 0 Å². The van der Waals surface area contributed by atoms with E-state index in [1.54, 1.807) is 0 Å². The second-order valence-corrected chi connectivity index (χ2v) is 8.25. The molecule has 25 heavy (non-hydrogen) atoms. The molecule has 1 aromatic carbocycles. The molecular weight excluding hydrogens is 312 g/mol. The van der Waals surface area contributed by atoms with Crippen molar-refractivity contribution in [2.75, 3.05) is 13.1 Å². The Morgan fingerprint density at radius 3 is 2.32 bits per heavy atom. The average Bonchev–Trinajstić information content (AvgIpc) is 2.59. The molecule has 0 aromatic heterocycles. The van der Waals surface area contributed by atoms with Crippen molar-refractivity contribution in [3.8, 4) is 0 Å². The molecule has 138 valence electrons. The zero-order chi connectivity index (χ0) is 18.4. The number of hydrogen-bond donors (Lipinski definition) is 1. The maximum Gasteiger partial charge on any atom is 0.227 e.